The number of carbonyl (C=O) groups excluding carboxylic acids is 1. The Bertz CT molecular complexity index is 758. The molecule has 8 nitrogen and oxygen atoms in total. The Morgan fingerprint density at radius 3 is 2.79 bits per heavy atom. The monoisotopic (exact) mass is 385 g/mol. The first-order valence-corrected chi connectivity index (χ1v) is 9.99. The van der Waals surface area contributed by atoms with Crippen molar-refractivity contribution in [3.63, 3.8) is 0 Å². The number of ether oxygens (including phenoxy) is 1. The molecule has 0 aliphatic carbocycles. The minimum Gasteiger partial charge on any atom is -0.485 e. The fourth-order valence-electron chi connectivity index (χ4n) is 3.86. The normalized spacial score (nSPS) is 19.9. The second-order valence-corrected chi connectivity index (χ2v) is 7.35. The van der Waals surface area contributed by atoms with Gasteiger partial charge in [0.2, 0.25) is 17.6 Å². The summed E-state index contributed by atoms with van der Waals surface area (Å²) in [5.41, 5.74) is 0. The number of hydrogen-bond donors (Lipinski definition) is 1. The highest BCUT2D eigenvalue weighted by molar-refractivity contribution is 5.76. The van der Waals surface area contributed by atoms with Crippen LogP contribution in [-0.2, 0) is 17.9 Å². The number of piperidine rings is 1. The number of nitrogens with zero attached hydrogens (tertiary/aromatic N) is 4. The quantitative estimate of drug-likeness (QED) is 0.805. The van der Waals surface area contributed by atoms with Crippen LogP contribution in [0.3, 0.4) is 0 Å². The average Bonchev–Trinajstić information content (AvgIpc) is 3.06. The molecule has 150 valence electrons. The Morgan fingerprint density at radius 1 is 1.14 bits per heavy atom. The molecule has 2 aliphatic rings. The third-order valence-electron chi connectivity index (χ3n) is 5.40. The van der Waals surface area contributed by atoms with Crippen molar-refractivity contribution in [3.8, 4) is 5.75 Å². The minimum atomic E-state index is 0.170. The van der Waals surface area contributed by atoms with E-state index in [-0.39, 0.29) is 5.91 Å². The van der Waals surface area contributed by atoms with E-state index < -0.39 is 0 Å². The molecule has 4 rings (SSSR count). The molecule has 0 radical (unpaired) electrons. The number of para-hydroxylation sites is 1. The van der Waals surface area contributed by atoms with Crippen LogP contribution in [-0.4, -0.2) is 64.6 Å². The summed E-state index contributed by atoms with van der Waals surface area (Å²) in [5.74, 6) is 2.16. The van der Waals surface area contributed by atoms with Gasteiger partial charge in [0.1, 0.15) is 5.75 Å². The van der Waals surface area contributed by atoms with Gasteiger partial charge < -0.3 is 14.6 Å². The van der Waals surface area contributed by atoms with E-state index in [1.165, 1.54) is 0 Å². The van der Waals surface area contributed by atoms with Gasteiger partial charge >= 0.3 is 0 Å². The number of hydrogen-bond acceptors (Lipinski definition) is 7. The highest BCUT2D eigenvalue weighted by Gasteiger charge is 2.26. The Morgan fingerprint density at radius 2 is 1.96 bits per heavy atom. The van der Waals surface area contributed by atoms with Crippen LogP contribution in [0.2, 0.25) is 0 Å². The van der Waals surface area contributed by atoms with Crippen LogP contribution in [0.4, 0.5) is 0 Å². The second kappa shape index (κ2) is 9.16. The molecule has 2 fully saturated rings. The van der Waals surface area contributed by atoms with Crippen molar-refractivity contribution in [2.75, 3.05) is 32.7 Å². The van der Waals surface area contributed by atoms with Crippen LogP contribution in [0.25, 0.3) is 0 Å². The molecule has 0 unspecified atom stereocenters. The van der Waals surface area contributed by atoms with Gasteiger partial charge in [-0.05, 0) is 25.0 Å². The Labute approximate surface area is 164 Å². The smallest absolute Gasteiger partial charge is 0.240 e. The van der Waals surface area contributed by atoms with Crippen molar-refractivity contribution in [3.05, 3.63) is 42.0 Å². The van der Waals surface area contributed by atoms with Crippen molar-refractivity contribution < 1.29 is 14.1 Å². The standard InChI is InChI=1S/C20H27N5O3/c26-19-8-12-25(13-9-21-19)16-6-10-24(11-7-16)14-20-22-18(23-28-20)15-27-17-4-2-1-3-5-17/h1-5,16H,6-15H2,(H,21,26). The lowest BCUT2D eigenvalue weighted by molar-refractivity contribution is -0.120. The SMILES string of the molecule is O=C1CCN(C2CCN(Cc3nc(COc4ccccc4)no3)CC2)CCN1. The van der Waals surface area contributed by atoms with Crippen LogP contribution in [0.1, 0.15) is 31.0 Å². The summed E-state index contributed by atoms with van der Waals surface area (Å²) in [6.45, 7) is 5.55. The van der Waals surface area contributed by atoms with Crippen LogP contribution in [0.5, 0.6) is 5.75 Å². The number of carbonyl (C=O) groups is 1. The minimum absolute atomic E-state index is 0.170. The van der Waals surface area contributed by atoms with Gasteiger partial charge in [-0.3, -0.25) is 14.6 Å². The number of likely N-dealkylation sites (tertiary alicyclic amines) is 1. The van der Waals surface area contributed by atoms with Crippen molar-refractivity contribution in [2.24, 2.45) is 0 Å². The maximum atomic E-state index is 11.5. The summed E-state index contributed by atoms with van der Waals surface area (Å²) < 4.78 is 11.0. The lowest BCUT2D eigenvalue weighted by atomic mass is 10.0. The second-order valence-electron chi connectivity index (χ2n) is 7.35. The van der Waals surface area contributed by atoms with Crippen LogP contribution < -0.4 is 10.1 Å². The summed E-state index contributed by atoms with van der Waals surface area (Å²) in [6.07, 6.45) is 2.81. The average molecular weight is 385 g/mol. The molecule has 1 amide bonds. The van der Waals surface area contributed by atoms with Crippen molar-refractivity contribution in [1.82, 2.24) is 25.3 Å². The van der Waals surface area contributed by atoms with Gasteiger partial charge in [0.25, 0.3) is 0 Å². The molecular formula is C20H27N5O3. The van der Waals surface area contributed by atoms with E-state index in [4.69, 9.17) is 9.26 Å². The Balaban J connectivity index is 1.22. The fraction of sp³-hybridized carbons (Fsp3) is 0.550. The zero-order chi connectivity index (χ0) is 19.2. The van der Waals surface area contributed by atoms with Crippen molar-refractivity contribution in [1.29, 1.82) is 0 Å². The molecule has 0 spiro atoms. The van der Waals surface area contributed by atoms with Gasteiger partial charge in [-0.15, -0.1) is 0 Å². The zero-order valence-corrected chi connectivity index (χ0v) is 16.0. The molecule has 2 saturated heterocycles. The number of benzene rings is 1. The molecule has 8 heteroatoms. The summed E-state index contributed by atoms with van der Waals surface area (Å²) in [4.78, 5) is 20.8. The number of amides is 1. The molecule has 3 heterocycles. The number of rotatable bonds is 6. The lowest BCUT2D eigenvalue weighted by Crippen LogP contribution is -2.45. The van der Waals surface area contributed by atoms with Gasteiger partial charge in [-0.2, -0.15) is 4.98 Å². The van der Waals surface area contributed by atoms with Crippen LogP contribution in [0.15, 0.2) is 34.9 Å². The third-order valence-corrected chi connectivity index (χ3v) is 5.40. The van der Waals surface area contributed by atoms with Crippen molar-refractivity contribution in [2.45, 2.75) is 38.5 Å². The first-order valence-electron chi connectivity index (χ1n) is 9.99. The summed E-state index contributed by atoms with van der Waals surface area (Å²) in [5, 5.41) is 6.97. The summed E-state index contributed by atoms with van der Waals surface area (Å²) >= 11 is 0. The van der Waals surface area contributed by atoms with Crippen LogP contribution >= 0.6 is 0 Å². The molecule has 1 aromatic heterocycles. The molecule has 0 bridgehead atoms. The van der Waals surface area contributed by atoms with E-state index in [0.717, 1.165) is 51.3 Å². The molecule has 1 N–H and O–H groups in total. The predicted molar refractivity (Wildman–Crippen MR) is 103 cm³/mol. The van der Waals surface area contributed by atoms with E-state index in [0.29, 0.717) is 37.3 Å². The number of aromatic nitrogens is 2. The van der Waals surface area contributed by atoms with E-state index >= 15 is 0 Å². The summed E-state index contributed by atoms with van der Waals surface area (Å²) in [6, 6.07) is 10.2. The largest absolute Gasteiger partial charge is 0.485 e. The maximum absolute atomic E-state index is 11.5. The molecule has 0 saturated carbocycles. The van der Waals surface area contributed by atoms with Gasteiger partial charge in [0.05, 0.1) is 6.54 Å². The molecule has 1 aromatic carbocycles. The molecular weight excluding hydrogens is 358 g/mol. The van der Waals surface area contributed by atoms with E-state index in [9.17, 15) is 4.79 Å². The molecule has 28 heavy (non-hydrogen) atoms. The molecule has 2 aliphatic heterocycles. The first-order chi connectivity index (χ1) is 13.8. The van der Waals surface area contributed by atoms with Crippen LogP contribution in [0, 0.1) is 0 Å². The Kier molecular flexibility index (Phi) is 6.18. The highest BCUT2D eigenvalue weighted by atomic mass is 16.5. The molecule has 2 aromatic rings. The number of nitrogens with one attached hydrogen (secondary N) is 1. The topological polar surface area (TPSA) is 83.7 Å². The van der Waals surface area contributed by atoms with Crippen molar-refractivity contribution >= 4 is 5.91 Å². The van der Waals surface area contributed by atoms with Gasteiger partial charge in [0, 0.05) is 45.2 Å². The van der Waals surface area contributed by atoms with E-state index in [1.807, 2.05) is 30.3 Å². The van der Waals surface area contributed by atoms with Gasteiger partial charge in [-0.25, -0.2) is 0 Å². The zero-order valence-electron chi connectivity index (χ0n) is 16.0. The Hall–Kier alpha value is -2.45. The van der Waals surface area contributed by atoms with E-state index in [2.05, 4.69) is 25.3 Å². The van der Waals surface area contributed by atoms with Gasteiger partial charge in [-0.1, -0.05) is 23.4 Å². The third kappa shape index (κ3) is 5.08. The first kappa shape index (κ1) is 18.9. The van der Waals surface area contributed by atoms with E-state index in [1.54, 1.807) is 0 Å². The fourth-order valence-corrected chi connectivity index (χ4v) is 3.86. The maximum Gasteiger partial charge on any atom is 0.240 e. The van der Waals surface area contributed by atoms with Gasteiger partial charge in [0.15, 0.2) is 6.61 Å². The predicted octanol–water partition coefficient (Wildman–Crippen LogP) is 1.43. The molecule has 0 atom stereocenters. The lowest BCUT2D eigenvalue weighted by Gasteiger charge is -2.37. The highest BCUT2D eigenvalue weighted by Crippen LogP contribution is 2.19. The summed E-state index contributed by atoms with van der Waals surface area (Å²) in [7, 11) is 0.